The van der Waals surface area contributed by atoms with Crippen molar-refractivity contribution in [3.05, 3.63) is 0 Å². The van der Waals surface area contributed by atoms with Gasteiger partial charge in [0.2, 0.25) is 0 Å². The standard InChI is InChI=1S/C15H28N2O2/c1-12-5-9-17(10-6-12)11-7-13-4-3-8-15(13,16)14(18)19-2/h12-13H,3-11,16H2,1-2H3. The third-order valence-corrected chi connectivity index (χ3v) is 5.11. The van der Waals surface area contributed by atoms with E-state index in [1.807, 2.05) is 0 Å². The van der Waals surface area contributed by atoms with Crippen LogP contribution in [0.2, 0.25) is 0 Å². The van der Waals surface area contributed by atoms with Gasteiger partial charge in [-0.05, 0) is 63.6 Å². The van der Waals surface area contributed by atoms with Gasteiger partial charge in [-0.2, -0.15) is 0 Å². The summed E-state index contributed by atoms with van der Waals surface area (Å²) in [5, 5.41) is 0. The van der Waals surface area contributed by atoms with Crippen LogP contribution >= 0.6 is 0 Å². The molecule has 2 unspecified atom stereocenters. The van der Waals surface area contributed by atoms with Gasteiger partial charge in [0.1, 0.15) is 5.54 Å². The average molecular weight is 268 g/mol. The first-order valence-corrected chi connectivity index (χ1v) is 7.66. The van der Waals surface area contributed by atoms with Crippen molar-refractivity contribution in [3.63, 3.8) is 0 Å². The largest absolute Gasteiger partial charge is 0.468 e. The Kier molecular flexibility index (Phi) is 4.85. The van der Waals surface area contributed by atoms with E-state index in [4.69, 9.17) is 10.5 Å². The lowest BCUT2D eigenvalue weighted by Crippen LogP contribution is -2.52. The quantitative estimate of drug-likeness (QED) is 0.790. The van der Waals surface area contributed by atoms with Crippen molar-refractivity contribution in [2.75, 3.05) is 26.7 Å². The average Bonchev–Trinajstić information content (AvgIpc) is 2.80. The van der Waals surface area contributed by atoms with E-state index in [2.05, 4.69) is 11.8 Å². The maximum absolute atomic E-state index is 11.9. The molecular formula is C15H28N2O2. The summed E-state index contributed by atoms with van der Waals surface area (Å²) in [7, 11) is 1.44. The zero-order valence-corrected chi connectivity index (χ0v) is 12.4. The van der Waals surface area contributed by atoms with Gasteiger partial charge in [0.05, 0.1) is 7.11 Å². The van der Waals surface area contributed by atoms with E-state index in [1.54, 1.807) is 0 Å². The van der Waals surface area contributed by atoms with Crippen LogP contribution in [0.4, 0.5) is 0 Å². The van der Waals surface area contributed by atoms with Crippen LogP contribution in [-0.4, -0.2) is 43.2 Å². The molecule has 0 amide bonds. The van der Waals surface area contributed by atoms with Gasteiger partial charge in [-0.25, -0.2) is 0 Å². The molecule has 1 saturated heterocycles. The topological polar surface area (TPSA) is 55.6 Å². The summed E-state index contributed by atoms with van der Waals surface area (Å²) in [6.07, 6.45) is 6.52. The number of methoxy groups -OCH3 is 1. The number of ether oxygens (including phenoxy) is 1. The number of carbonyl (C=O) groups excluding carboxylic acids is 1. The number of piperidine rings is 1. The Balaban J connectivity index is 1.83. The second kappa shape index (κ2) is 6.23. The molecule has 4 heteroatoms. The van der Waals surface area contributed by atoms with Gasteiger partial charge in [-0.1, -0.05) is 13.3 Å². The van der Waals surface area contributed by atoms with Gasteiger partial charge in [-0.15, -0.1) is 0 Å². The van der Waals surface area contributed by atoms with Crippen molar-refractivity contribution in [1.29, 1.82) is 0 Å². The molecule has 110 valence electrons. The molecule has 0 radical (unpaired) electrons. The van der Waals surface area contributed by atoms with Crippen LogP contribution in [0.5, 0.6) is 0 Å². The fourth-order valence-corrected chi connectivity index (χ4v) is 3.59. The van der Waals surface area contributed by atoms with E-state index in [-0.39, 0.29) is 5.97 Å². The molecule has 4 nitrogen and oxygen atoms in total. The van der Waals surface area contributed by atoms with E-state index in [9.17, 15) is 4.79 Å². The first kappa shape index (κ1) is 14.8. The minimum Gasteiger partial charge on any atom is -0.468 e. The third kappa shape index (κ3) is 3.29. The van der Waals surface area contributed by atoms with Crippen molar-refractivity contribution in [3.8, 4) is 0 Å². The number of esters is 1. The molecule has 1 saturated carbocycles. The third-order valence-electron chi connectivity index (χ3n) is 5.11. The second-order valence-corrected chi connectivity index (χ2v) is 6.43. The Morgan fingerprint density at radius 1 is 1.37 bits per heavy atom. The van der Waals surface area contributed by atoms with E-state index in [0.717, 1.165) is 38.1 Å². The van der Waals surface area contributed by atoms with Crippen LogP contribution in [-0.2, 0) is 9.53 Å². The maximum Gasteiger partial charge on any atom is 0.326 e. The van der Waals surface area contributed by atoms with Gasteiger partial charge >= 0.3 is 5.97 Å². The molecule has 2 aliphatic rings. The summed E-state index contributed by atoms with van der Waals surface area (Å²) in [4.78, 5) is 14.4. The Morgan fingerprint density at radius 2 is 2.05 bits per heavy atom. The first-order chi connectivity index (χ1) is 9.06. The predicted molar refractivity (Wildman–Crippen MR) is 75.7 cm³/mol. The monoisotopic (exact) mass is 268 g/mol. The molecule has 1 aliphatic carbocycles. The molecular weight excluding hydrogens is 240 g/mol. The minimum absolute atomic E-state index is 0.220. The number of hydrogen-bond donors (Lipinski definition) is 1. The SMILES string of the molecule is COC(=O)C1(N)CCCC1CCN1CCC(C)CC1. The van der Waals surface area contributed by atoms with Crippen LogP contribution in [0, 0.1) is 11.8 Å². The predicted octanol–water partition coefficient (Wildman–Crippen LogP) is 1.78. The summed E-state index contributed by atoms with van der Waals surface area (Å²) in [6, 6.07) is 0. The smallest absolute Gasteiger partial charge is 0.326 e. The molecule has 2 fully saturated rings. The van der Waals surface area contributed by atoms with E-state index in [1.165, 1.54) is 33.0 Å². The van der Waals surface area contributed by atoms with Crippen molar-refractivity contribution in [2.24, 2.45) is 17.6 Å². The lowest BCUT2D eigenvalue weighted by molar-refractivity contribution is -0.148. The molecule has 2 atom stereocenters. The van der Waals surface area contributed by atoms with E-state index in [0.29, 0.717) is 5.92 Å². The van der Waals surface area contributed by atoms with E-state index >= 15 is 0 Å². The summed E-state index contributed by atoms with van der Waals surface area (Å²) in [5.74, 6) is 0.938. The van der Waals surface area contributed by atoms with Crippen molar-refractivity contribution in [1.82, 2.24) is 4.90 Å². The summed E-state index contributed by atoms with van der Waals surface area (Å²) in [6.45, 7) is 5.80. The zero-order valence-electron chi connectivity index (χ0n) is 12.4. The highest BCUT2D eigenvalue weighted by molar-refractivity contribution is 5.81. The minimum atomic E-state index is -0.724. The van der Waals surface area contributed by atoms with Gasteiger partial charge in [0.15, 0.2) is 0 Å². The highest BCUT2D eigenvalue weighted by Gasteiger charge is 2.46. The molecule has 0 bridgehead atoms. The molecule has 1 aliphatic heterocycles. The van der Waals surface area contributed by atoms with Crippen molar-refractivity contribution in [2.45, 2.75) is 51.0 Å². The van der Waals surface area contributed by atoms with Crippen LogP contribution in [0.1, 0.15) is 45.4 Å². The van der Waals surface area contributed by atoms with Gasteiger partial charge in [0, 0.05) is 0 Å². The Labute approximate surface area is 116 Å². The molecule has 0 aromatic rings. The molecule has 1 heterocycles. The number of nitrogens with two attached hydrogens (primary N) is 1. The normalized spacial score (nSPS) is 33.5. The summed E-state index contributed by atoms with van der Waals surface area (Å²) >= 11 is 0. The highest BCUT2D eigenvalue weighted by atomic mass is 16.5. The van der Waals surface area contributed by atoms with Crippen molar-refractivity contribution < 1.29 is 9.53 Å². The number of likely N-dealkylation sites (tertiary alicyclic amines) is 1. The Bertz CT molecular complexity index is 313. The molecule has 2 rings (SSSR count). The highest BCUT2D eigenvalue weighted by Crippen LogP contribution is 2.37. The van der Waals surface area contributed by atoms with Crippen LogP contribution in [0.25, 0.3) is 0 Å². The fourth-order valence-electron chi connectivity index (χ4n) is 3.59. The summed E-state index contributed by atoms with van der Waals surface area (Å²) < 4.78 is 4.90. The summed E-state index contributed by atoms with van der Waals surface area (Å²) in [5.41, 5.74) is 5.58. The van der Waals surface area contributed by atoms with Crippen LogP contribution in [0.15, 0.2) is 0 Å². The Hall–Kier alpha value is -0.610. The zero-order chi connectivity index (χ0) is 13.9. The fraction of sp³-hybridized carbons (Fsp3) is 0.933. The van der Waals surface area contributed by atoms with Gasteiger partial charge in [0.25, 0.3) is 0 Å². The lowest BCUT2D eigenvalue weighted by Gasteiger charge is -2.33. The Morgan fingerprint density at radius 3 is 2.68 bits per heavy atom. The molecule has 0 aromatic carbocycles. The number of hydrogen-bond acceptors (Lipinski definition) is 4. The van der Waals surface area contributed by atoms with Crippen LogP contribution < -0.4 is 5.73 Å². The second-order valence-electron chi connectivity index (χ2n) is 6.43. The molecule has 0 spiro atoms. The van der Waals surface area contributed by atoms with Crippen LogP contribution in [0.3, 0.4) is 0 Å². The van der Waals surface area contributed by atoms with E-state index < -0.39 is 5.54 Å². The lowest BCUT2D eigenvalue weighted by atomic mass is 9.85. The molecule has 19 heavy (non-hydrogen) atoms. The molecule has 2 N–H and O–H groups in total. The maximum atomic E-state index is 11.9. The molecule has 0 aromatic heterocycles. The first-order valence-electron chi connectivity index (χ1n) is 7.66. The van der Waals surface area contributed by atoms with Crippen molar-refractivity contribution >= 4 is 5.97 Å². The van der Waals surface area contributed by atoms with Gasteiger partial charge in [-0.3, -0.25) is 4.79 Å². The van der Waals surface area contributed by atoms with Gasteiger partial charge < -0.3 is 15.4 Å². The number of carbonyl (C=O) groups is 1. The number of rotatable bonds is 4. The number of nitrogens with zero attached hydrogens (tertiary/aromatic N) is 1.